The third-order valence-corrected chi connectivity index (χ3v) is 3.84. The second kappa shape index (κ2) is 8.33. The fourth-order valence-corrected chi connectivity index (χ4v) is 2.40. The minimum absolute atomic E-state index is 0.0591. The monoisotopic (exact) mass is 341 g/mol. The van der Waals surface area contributed by atoms with Gasteiger partial charge in [0.25, 0.3) is 5.91 Å². The Labute approximate surface area is 147 Å². The van der Waals surface area contributed by atoms with Gasteiger partial charge in [-0.15, -0.1) is 0 Å². The van der Waals surface area contributed by atoms with Crippen molar-refractivity contribution in [1.82, 2.24) is 5.32 Å². The summed E-state index contributed by atoms with van der Waals surface area (Å²) in [6.07, 6.45) is 0. The van der Waals surface area contributed by atoms with E-state index < -0.39 is 5.97 Å². The molecule has 0 unspecified atom stereocenters. The molecular weight excluding hydrogens is 318 g/mol. The Hall–Kier alpha value is -2.82. The minimum Gasteiger partial charge on any atom is -0.483 e. The van der Waals surface area contributed by atoms with Crippen molar-refractivity contribution in [2.75, 3.05) is 6.61 Å². The number of hydrogen-bond acceptors (Lipinski definition) is 3. The van der Waals surface area contributed by atoms with Crippen LogP contribution in [-0.2, 0) is 11.3 Å². The van der Waals surface area contributed by atoms with Gasteiger partial charge in [-0.3, -0.25) is 4.79 Å². The molecule has 0 aromatic heterocycles. The van der Waals surface area contributed by atoms with Gasteiger partial charge in [-0.05, 0) is 47.7 Å². The third-order valence-electron chi connectivity index (χ3n) is 3.84. The highest BCUT2D eigenvalue weighted by Crippen LogP contribution is 2.27. The molecule has 2 N–H and O–H groups in total. The molecule has 0 spiro atoms. The molecular formula is C20H23NO4. The standard InChI is InChI=1S/C20H23NO4/c1-13(2)17-9-4-14(3)10-18(17)25-12-19(22)21-11-15-5-7-16(8-6-15)20(23)24/h4-10,13H,11-12H2,1-3H3,(H,21,22)(H,23,24). The molecule has 0 aliphatic rings. The summed E-state index contributed by atoms with van der Waals surface area (Å²) in [5.41, 5.74) is 3.21. The molecule has 0 heterocycles. The molecule has 0 aliphatic carbocycles. The molecule has 2 aromatic carbocycles. The van der Waals surface area contributed by atoms with Crippen LogP contribution in [0.1, 0.15) is 46.8 Å². The second-order valence-corrected chi connectivity index (χ2v) is 6.26. The number of ether oxygens (including phenoxy) is 1. The van der Waals surface area contributed by atoms with Gasteiger partial charge in [-0.1, -0.05) is 38.1 Å². The summed E-state index contributed by atoms with van der Waals surface area (Å²) in [4.78, 5) is 22.8. The number of rotatable bonds is 7. The lowest BCUT2D eigenvalue weighted by Gasteiger charge is -2.15. The Balaban J connectivity index is 1.89. The second-order valence-electron chi connectivity index (χ2n) is 6.26. The third kappa shape index (κ3) is 5.35. The van der Waals surface area contributed by atoms with Crippen LogP contribution in [0.2, 0.25) is 0 Å². The quantitative estimate of drug-likeness (QED) is 0.808. The van der Waals surface area contributed by atoms with Crippen molar-refractivity contribution in [3.05, 3.63) is 64.7 Å². The molecule has 132 valence electrons. The van der Waals surface area contributed by atoms with Crippen LogP contribution in [0.4, 0.5) is 0 Å². The minimum atomic E-state index is -0.969. The number of carbonyl (C=O) groups is 2. The van der Waals surface area contributed by atoms with E-state index in [0.717, 1.165) is 22.4 Å². The Morgan fingerprint density at radius 3 is 2.40 bits per heavy atom. The molecule has 0 bridgehead atoms. The number of carboxylic acids is 1. The number of hydrogen-bond donors (Lipinski definition) is 2. The van der Waals surface area contributed by atoms with E-state index in [0.29, 0.717) is 12.5 Å². The molecule has 2 rings (SSSR count). The molecule has 25 heavy (non-hydrogen) atoms. The van der Waals surface area contributed by atoms with Gasteiger partial charge >= 0.3 is 5.97 Å². The van der Waals surface area contributed by atoms with E-state index in [1.165, 1.54) is 12.1 Å². The fraction of sp³-hybridized carbons (Fsp3) is 0.300. The van der Waals surface area contributed by atoms with Crippen molar-refractivity contribution in [3.8, 4) is 5.75 Å². The summed E-state index contributed by atoms with van der Waals surface area (Å²) in [5.74, 6) is -0.149. The van der Waals surface area contributed by atoms with E-state index in [1.54, 1.807) is 12.1 Å². The van der Waals surface area contributed by atoms with Gasteiger partial charge in [0.1, 0.15) is 5.75 Å². The maximum absolute atomic E-state index is 12.0. The molecule has 0 radical (unpaired) electrons. The van der Waals surface area contributed by atoms with Gasteiger partial charge in [0.05, 0.1) is 5.56 Å². The number of benzene rings is 2. The lowest BCUT2D eigenvalue weighted by atomic mass is 10.0. The zero-order chi connectivity index (χ0) is 18.4. The predicted molar refractivity (Wildman–Crippen MR) is 96.0 cm³/mol. The smallest absolute Gasteiger partial charge is 0.335 e. The van der Waals surface area contributed by atoms with Gasteiger partial charge in [-0.2, -0.15) is 0 Å². The molecule has 2 aromatic rings. The first-order valence-corrected chi connectivity index (χ1v) is 8.19. The highest BCUT2D eigenvalue weighted by molar-refractivity contribution is 5.87. The zero-order valence-corrected chi connectivity index (χ0v) is 14.7. The molecule has 5 heteroatoms. The lowest BCUT2D eigenvalue weighted by molar-refractivity contribution is -0.123. The Bertz CT molecular complexity index is 751. The summed E-state index contributed by atoms with van der Waals surface area (Å²) >= 11 is 0. The topological polar surface area (TPSA) is 75.6 Å². The molecule has 0 fully saturated rings. The Morgan fingerprint density at radius 2 is 1.80 bits per heavy atom. The Kier molecular flexibility index (Phi) is 6.17. The van der Waals surface area contributed by atoms with Gasteiger partial charge in [0.2, 0.25) is 0 Å². The molecule has 1 amide bonds. The summed E-state index contributed by atoms with van der Waals surface area (Å²) in [6.45, 7) is 6.41. The van der Waals surface area contributed by atoms with E-state index in [4.69, 9.17) is 9.84 Å². The molecule has 0 saturated heterocycles. The molecule has 0 atom stereocenters. The summed E-state index contributed by atoms with van der Waals surface area (Å²) in [5, 5.41) is 11.6. The van der Waals surface area contributed by atoms with E-state index in [1.807, 2.05) is 25.1 Å². The van der Waals surface area contributed by atoms with Crippen LogP contribution in [0, 0.1) is 6.92 Å². The number of amides is 1. The highest BCUT2D eigenvalue weighted by atomic mass is 16.5. The maximum Gasteiger partial charge on any atom is 0.335 e. The number of carboxylic acid groups (broad SMARTS) is 1. The van der Waals surface area contributed by atoms with Gasteiger partial charge < -0.3 is 15.2 Å². The average Bonchev–Trinajstić information content (AvgIpc) is 2.58. The first-order valence-electron chi connectivity index (χ1n) is 8.19. The van der Waals surface area contributed by atoms with Gasteiger partial charge in [-0.25, -0.2) is 4.79 Å². The number of aryl methyl sites for hydroxylation is 1. The molecule has 0 aliphatic heterocycles. The van der Waals surface area contributed by atoms with Crippen LogP contribution in [0.15, 0.2) is 42.5 Å². The summed E-state index contributed by atoms with van der Waals surface area (Å²) < 4.78 is 5.69. The maximum atomic E-state index is 12.0. The number of aromatic carboxylic acids is 1. The van der Waals surface area contributed by atoms with Crippen LogP contribution >= 0.6 is 0 Å². The van der Waals surface area contributed by atoms with Crippen molar-refractivity contribution < 1.29 is 19.4 Å². The molecule has 0 saturated carbocycles. The van der Waals surface area contributed by atoms with Crippen LogP contribution < -0.4 is 10.1 Å². The SMILES string of the molecule is Cc1ccc(C(C)C)c(OCC(=O)NCc2ccc(C(=O)O)cc2)c1. The van der Waals surface area contributed by atoms with Gasteiger partial charge in [0.15, 0.2) is 6.61 Å². The van der Waals surface area contributed by atoms with Crippen LogP contribution in [0.25, 0.3) is 0 Å². The van der Waals surface area contributed by atoms with Crippen molar-refractivity contribution in [2.45, 2.75) is 33.2 Å². The molecule has 5 nitrogen and oxygen atoms in total. The Morgan fingerprint density at radius 1 is 1.12 bits per heavy atom. The van der Waals surface area contributed by atoms with E-state index >= 15 is 0 Å². The van der Waals surface area contributed by atoms with E-state index in [2.05, 4.69) is 19.2 Å². The van der Waals surface area contributed by atoms with Crippen molar-refractivity contribution in [3.63, 3.8) is 0 Å². The first kappa shape index (κ1) is 18.5. The van der Waals surface area contributed by atoms with Crippen molar-refractivity contribution >= 4 is 11.9 Å². The van der Waals surface area contributed by atoms with Crippen LogP contribution in [-0.4, -0.2) is 23.6 Å². The van der Waals surface area contributed by atoms with E-state index in [9.17, 15) is 9.59 Å². The van der Waals surface area contributed by atoms with Gasteiger partial charge in [0, 0.05) is 6.54 Å². The first-order chi connectivity index (χ1) is 11.9. The fourth-order valence-electron chi connectivity index (χ4n) is 2.40. The van der Waals surface area contributed by atoms with Crippen LogP contribution in [0.3, 0.4) is 0 Å². The number of nitrogens with one attached hydrogen (secondary N) is 1. The number of carbonyl (C=O) groups excluding carboxylic acids is 1. The normalized spacial score (nSPS) is 10.6. The average molecular weight is 341 g/mol. The zero-order valence-electron chi connectivity index (χ0n) is 14.7. The van der Waals surface area contributed by atoms with Crippen molar-refractivity contribution in [1.29, 1.82) is 0 Å². The van der Waals surface area contributed by atoms with Crippen LogP contribution in [0.5, 0.6) is 5.75 Å². The highest BCUT2D eigenvalue weighted by Gasteiger charge is 2.10. The summed E-state index contributed by atoms with van der Waals surface area (Å²) in [7, 11) is 0. The van der Waals surface area contributed by atoms with E-state index in [-0.39, 0.29) is 18.1 Å². The summed E-state index contributed by atoms with van der Waals surface area (Å²) in [6, 6.07) is 12.4. The largest absolute Gasteiger partial charge is 0.483 e. The predicted octanol–water partition coefficient (Wildman–Crippen LogP) is 3.51. The lowest BCUT2D eigenvalue weighted by Crippen LogP contribution is -2.28. The van der Waals surface area contributed by atoms with Crippen molar-refractivity contribution in [2.24, 2.45) is 0 Å².